The fraction of sp³-hybridized carbons (Fsp3) is 0.579. The van der Waals surface area contributed by atoms with E-state index in [1.165, 1.54) is 25.7 Å². The zero-order valence-corrected chi connectivity index (χ0v) is 14.5. The average molecular weight is 329 g/mol. The van der Waals surface area contributed by atoms with Gasteiger partial charge >= 0.3 is 0 Å². The van der Waals surface area contributed by atoms with Crippen LogP contribution in [0.3, 0.4) is 0 Å². The van der Waals surface area contributed by atoms with Gasteiger partial charge in [0.2, 0.25) is 5.91 Å². The Morgan fingerprint density at radius 3 is 2.42 bits per heavy atom. The number of aryl methyl sites for hydroxylation is 1. The van der Waals surface area contributed by atoms with Crippen LogP contribution in [0.15, 0.2) is 24.3 Å². The van der Waals surface area contributed by atoms with Crippen molar-refractivity contribution in [3.63, 3.8) is 0 Å². The molecule has 1 N–H and O–H groups in total. The summed E-state index contributed by atoms with van der Waals surface area (Å²) in [5, 5.41) is 2.76. The molecular weight excluding hydrogens is 302 g/mol. The number of hydrogen-bond donors (Lipinski definition) is 1. The normalized spacial score (nSPS) is 19.5. The predicted octanol–water partition coefficient (Wildman–Crippen LogP) is 1.81. The van der Waals surface area contributed by atoms with Gasteiger partial charge in [-0.15, -0.1) is 0 Å². The van der Waals surface area contributed by atoms with Crippen molar-refractivity contribution in [3.8, 4) is 0 Å². The summed E-state index contributed by atoms with van der Waals surface area (Å²) in [4.78, 5) is 28.9. The summed E-state index contributed by atoms with van der Waals surface area (Å²) in [5.74, 6) is -0.158. The zero-order chi connectivity index (χ0) is 16.9. The van der Waals surface area contributed by atoms with Crippen molar-refractivity contribution in [2.45, 2.75) is 38.6 Å². The van der Waals surface area contributed by atoms with E-state index in [4.69, 9.17) is 0 Å². The number of carbonyl (C=O) groups excluding carboxylic acids is 2. The summed E-state index contributed by atoms with van der Waals surface area (Å²) in [6.07, 6.45) is 5.30. The highest BCUT2D eigenvalue weighted by molar-refractivity contribution is 5.97. The molecule has 0 aromatic heterocycles. The molecule has 130 valence electrons. The smallest absolute Gasteiger partial charge is 0.251 e. The monoisotopic (exact) mass is 329 g/mol. The van der Waals surface area contributed by atoms with Gasteiger partial charge in [0.15, 0.2) is 0 Å². The Balaban J connectivity index is 1.44. The minimum atomic E-state index is -0.175. The fourth-order valence-corrected chi connectivity index (χ4v) is 3.80. The topological polar surface area (TPSA) is 52.7 Å². The van der Waals surface area contributed by atoms with Gasteiger partial charge in [-0.05, 0) is 31.4 Å². The molecular formula is C19H27N3O2. The quantitative estimate of drug-likeness (QED) is 0.917. The third-order valence-electron chi connectivity index (χ3n) is 5.30. The van der Waals surface area contributed by atoms with Gasteiger partial charge in [0, 0.05) is 37.8 Å². The maximum atomic E-state index is 12.3. The van der Waals surface area contributed by atoms with Gasteiger partial charge in [-0.1, -0.05) is 31.0 Å². The number of hydrogen-bond acceptors (Lipinski definition) is 3. The first-order valence-electron chi connectivity index (χ1n) is 9.01. The summed E-state index contributed by atoms with van der Waals surface area (Å²) < 4.78 is 0. The minimum absolute atomic E-state index is 0.0167. The minimum Gasteiger partial charge on any atom is -0.343 e. The Bertz CT molecular complexity index is 588. The van der Waals surface area contributed by atoms with Crippen LogP contribution in [0.1, 0.15) is 41.6 Å². The van der Waals surface area contributed by atoms with E-state index in [0.717, 1.165) is 37.8 Å². The summed E-state index contributed by atoms with van der Waals surface area (Å²) in [6.45, 7) is 5.45. The van der Waals surface area contributed by atoms with Crippen molar-refractivity contribution in [2.75, 3.05) is 32.7 Å². The van der Waals surface area contributed by atoms with Gasteiger partial charge in [-0.2, -0.15) is 0 Å². The first-order chi connectivity index (χ1) is 11.6. The molecule has 2 amide bonds. The van der Waals surface area contributed by atoms with Gasteiger partial charge in [0.25, 0.3) is 5.91 Å². The molecule has 0 spiro atoms. The Morgan fingerprint density at radius 1 is 1.08 bits per heavy atom. The Morgan fingerprint density at radius 2 is 1.75 bits per heavy atom. The third-order valence-corrected chi connectivity index (χ3v) is 5.30. The molecule has 2 fully saturated rings. The van der Waals surface area contributed by atoms with Crippen LogP contribution in [-0.2, 0) is 4.79 Å². The highest BCUT2D eigenvalue weighted by atomic mass is 16.2. The molecule has 1 saturated heterocycles. The molecule has 1 aromatic carbocycles. The third kappa shape index (κ3) is 3.96. The van der Waals surface area contributed by atoms with Gasteiger partial charge in [-0.3, -0.25) is 14.5 Å². The lowest BCUT2D eigenvalue weighted by Gasteiger charge is -2.38. The lowest BCUT2D eigenvalue weighted by molar-refractivity contribution is -0.132. The van der Waals surface area contributed by atoms with Gasteiger partial charge < -0.3 is 10.2 Å². The lowest BCUT2D eigenvalue weighted by atomic mass is 10.1. The van der Waals surface area contributed by atoms with Gasteiger partial charge in [-0.25, -0.2) is 0 Å². The van der Waals surface area contributed by atoms with Crippen molar-refractivity contribution in [1.82, 2.24) is 15.1 Å². The van der Waals surface area contributed by atoms with E-state index in [1.54, 1.807) is 6.07 Å². The predicted molar refractivity (Wildman–Crippen MR) is 93.9 cm³/mol. The molecule has 1 aliphatic carbocycles. The highest BCUT2D eigenvalue weighted by Gasteiger charge is 2.27. The molecule has 0 unspecified atom stereocenters. The van der Waals surface area contributed by atoms with Crippen molar-refractivity contribution in [3.05, 3.63) is 35.4 Å². The van der Waals surface area contributed by atoms with E-state index in [2.05, 4.69) is 10.2 Å². The second-order valence-corrected chi connectivity index (χ2v) is 6.85. The molecule has 0 radical (unpaired) electrons. The molecule has 0 bridgehead atoms. The number of rotatable bonds is 4. The Hall–Kier alpha value is -1.88. The average Bonchev–Trinajstić information content (AvgIpc) is 3.14. The molecule has 5 heteroatoms. The molecule has 5 nitrogen and oxygen atoms in total. The Labute approximate surface area is 144 Å². The van der Waals surface area contributed by atoms with E-state index >= 15 is 0 Å². The molecule has 1 aliphatic heterocycles. The molecule has 2 aliphatic rings. The van der Waals surface area contributed by atoms with Crippen LogP contribution >= 0.6 is 0 Å². The van der Waals surface area contributed by atoms with Crippen LogP contribution in [0.25, 0.3) is 0 Å². The van der Waals surface area contributed by atoms with E-state index in [0.29, 0.717) is 5.56 Å². The molecule has 1 aromatic rings. The molecule has 1 heterocycles. The van der Waals surface area contributed by atoms with E-state index in [-0.39, 0.29) is 18.4 Å². The van der Waals surface area contributed by atoms with Crippen molar-refractivity contribution >= 4 is 11.8 Å². The van der Waals surface area contributed by atoms with Crippen LogP contribution in [0.2, 0.25) is 0 Å². The maximum absolute atomic E-state index is 12.3. The van der Waals surface area contributed by atoms with E-state index in [9.17, 15) is 9.59 Å². The highest BCUT2D eigenvalue weighted by Crippen LogP contribution is 2.24. The number of amides is 2. The number of carbonyl (C=O) groups is 2. The fourth-order valence-electron chi connectivity index (χ4n) is 3.80. The lowest BCUT2D eigenvalue weighted by Crippen LogP contribution is -2.53. The van der Waals surface area contributed by atoms with E-state index < -0.39 is 0 Å². The Kier molecular flexibility index (Phi) is 5.51. The van der Waals surface area contributed by atoms with Crippen LogP contribution in [-0.4, -0.2) is 60.4 Å². The molecule has 3 rings (SSSR count). The summed E-state index contributed by atoms with van der Waals surface area (Å²) in [6, 6.07) is 8.16. The number of nitrogens with zero attached hydrogens (tertiary/aromatic N) is 2. The molecule has 1 saturated carbocycles. The largest absolute Gasteiger partial charge is 0.343 e. The summed E-state index contributed by atoms with van der Waals surface area (Å²) in [7, 11) is 0. The van der Waals surface area contributed by atoms with E-state index in [1.807, 2.05) is 30.0 Å². The second-order valence-electron chi connectivity index (χ2n) is 6.85. The number of nitrogens with one attached hydrogen (secondary N) is 1. The SMILES string of the molecule is Cc1ccccc1C(=O)NCC(=O)N1CCN(C2CCCC2)CC1. The zero-order valence-electron chi connectivity index (χ0n) is 14.5. The van der Waals surface area contributed by atoms with Crippen molar-refractivity contribution in [2.24, 2.45) is 0 Å². The summed E-state index contributed by atoms with van der Waals surface area (Å²) in [5.41, 5.74) is 1.56. The second kappa shape index (κ2) is 7.79. The number of piperazine rings is 1. The van der Waals surface area contributed by atoms with Crippen molar-refractivity contribution in [1.29, 1.82) is 0 Å². The first kappa shape index (κ1) is 17.0. The number of benzene rings is 1. The van der Waals surface area contributed by atoms with Gasteiger partial charge in [0.1, 0.15) is 0 Å². The van der Waals surface area contributed by atoms with Gasteiger partial charge in [0.05, 0.1) is 6.54 Å². The van der Waals surface area contributed by atoms with Crippen LogP contribution in [0, 0.1) is 6.92 Å². The molecule has 24 heavy (non-hydrogen) atoms. The summed E-state index contributed by atoms with van der Waals surface area (Å²) >= 11 is 0. The van der Waals surface area contributed by atoms with Crippen molar-refractivity contribution < 1.29 is 9.59 Å². The standard InChI is InChI=1S/C19H27N3O2/c1-15-6-2-5-9-17(15)19(24)20-14-18(23)22-12-10-21(11-13-22)16-7-3-4-8-16/h2,5-6,9,16H,3-4,7-8,10-14H2,1H3,(H,20,24). The maximum Gasteiger partial charge on any atom is 0.251 e. The molecule has 0 atom stereocenters. The van der Waals surface area contributed by atoms with Crippen LogP contribution in [0.4, 0.5) is 0 Å². The van der Waals surface area contributed by atoms with Crippen LogP contribution < -0.4 is 5.32 Å². The first-order valence-corrected chi connectivity index (χ1v) is 9.01. The van der Waals surface area contributed by atoms with Crippen LogP contribution in [0.5, 0.6) is 0 Å².